The lowest BCUT2D eigenvalue weighted by Gasteiger charge is -2.41. The van der Waals surface area contributed by atoms with Gasteiger partial charge in [-0.25, -0.2) is 0 Å². The van der Waals surface area contributed by atoms with Crippen LogP contribution < -0.4 is 11.1 Å². The molecule has 2 aliphatic rings. The topological polar surface area (TPSA) is 38.0 Å². The molecule has 0 radical (unpaired) electrons. The van der Waals surface area contributed by atoms with Crippen molar-refractivity contribution < 1.29 is 0 Å². The lowest BCUT2D eigenvalue weighted by Crippen LogP contribution is -2.48. The Bertz CT molecular complexity index is 198. The van der Waals surface area contributed by atoms with Crippen LogP contribution in [0.25, 0.3) is 0 Å². The molecule has 2 saturated carbocycles. The van der Waals surface area contributed by atoms with Crippen LogP contribution in [0.4, 0.5) is 0 Å². The van der Waals surface area contributed by atoms with Gasteiger partial charge in [0.25, 0.3) is 0 Å². The zero-order valence-electron chi connectivity index (χ0n) is 9.80. The Hall–Kier alpha value is 0.270. The van der Waals surface area contributed by atoms with Gasteiger partial charge < -0.3 is 11.1 Å². The van der Waals surface area contributed by atoms with Crippen molar-refractivity contribution in [1.29, 1.82) is 0 Å². The third-order valence-electron chi connectivity index (χ3n) is 4.35. The van der Waals surface area contributed by atoms with Crippen LogP contribution in [0.15, 0.2) is 0 Å². The first-order chi connectivity index (χ1) is 7.29. The first kappa shape index (κ1) is 11.7. The average molecular weight is 228 g/mol. The van der Waals surface area contributed by atoms with Crippen LogP contribution >= 0.6 is 11.8 Å². The van der Waals surface area contributed by atoms with Crippen LogP contribution in [0.2, 0.25) is 0 Å². The fourth-order valence-corrected chi connectivity index (χ4v) is 3.85. The van der Waals surface area contributed by atoms with E-state index >= 15 is 0 Å². The van der Waals surface area contributed by atoms with Gasteiger partial charge in [0, 0.05) is 17.3 Å². The molecule has 88 valence electrons. The normalized spacial score (nSPS) is 34.0. The Kier molecular flexibility index (Phi) is 3.97. The van der Waals surface area contributed by atoms with Crippen LogP contribution in [-0.4, -0.2) is 30.1 Å². The summed E-state index contributed by atoms with van der Waals surface area (Å²) in [5.41, 5.74) is 5.80. The maximum atomic E-state index is 5.80. The van der Waals surface area contributed by atoms with E-state index in [0.29, 0.717) is 10.8 Å². The predicted molar refractivity (Wildman–Crippen MR) is 68.3 cm³/mol. The van der Waals surface area contributed by atoms with Gasteiger partial charge in [0.05, 0.1) is 0 Å². The number of nitrogens with one attached hydrogen (secondary N) is 1. The second kappa shape index (κ2) is 5.07. The van der Waals surface area contributed by atoms with E-state index in [9.17, 15) is 0 Å². The molecule has 0 bridgehead atoms. The lowest BCUT2D eigenvalue weighted by atomic mass is 9.84. The molecule has 0 saturated heterocycles. The van der Waals surface area contributed by atoms with E-state index in [1.54, 1.807) is 0 Å². The van der Waals surface area contributed by atoms with Crippen molar-refractivity contribution in [2.75, 3.05) is 19.3 Å². The summed E-state index contributed by atoms with van der Waals surface area (Å²) in [5.74, 6) is 0.740. The molecule has 0 aromatic heterocycles. The van der Waals surface area contributed by atoms with Gasteiger partial charge in [-0.05, 0) is 44.4 Å². The minimum atomic E-state index is 0.571. The number of nitrogens with two attached hydrogens (primary N) is 1. The highest BCUT2D eigenvalue weighted by Crippen LogP contribution is 2.42. The monoisotopic (exact) mass is 228 g/mol. The summed E-state index contributed by atoms with van der Waals surface area (Å²) in [4.78, 5) is 0. The highest BCUT2D eigenvalue weighted by molar-refractivity contribution is 8.00. The number of thioether (sulfide) groups is 1. The van der Waals surface area contributed by atoms with Gasteiger partial charge in [0.1, 0.15) is 0 Å². The first-order valence-corrected chi connectivity index (χ1v) is 7.51. The fraction of sp³-hybridized carbons (Fsp3) is 1.00. The molecule has 3 N–H and O–H groups in total. The molecule has 2 rings (SSSR count). The van der Waals surface area contributed by atoms with Crippen molar-refractivity contribution in [1.82, 2.24) is 5.32 Å². The SMILES string of the molecule is CSC1(CNC2CCCC2CN)CCC1. The molecular formula is C12H24N2S. The van der Waals surface area contributed by atoms with Crippen molar-refractivity contribution in [3.8, 4) is 0 Å². The number of rotatable bonds is 5. The Morgan fingerprint density at radius 1 is 1.33 bits per heavy atom. The maximum absolute atomic E-state index is 5.80. The maximum Gasteiger partial charge on any atom is 0.0281 e. The van der Waals surface area contributed by atoms with Gasteiger partial charge in [-0.15, -0.1) is 0 Å². The van der Waals surface area contributed by atoms with E-state index in [4.69, 9.17) is 5.73 Å². The second-order valence-electron chi connectivity index (χ2n) is 5.15. The molecule has 2 fully saturated rings. The first-order valence-electron chi connectivity index (χ1n) is 6.28. The Balaban J connectivity index is 1.77. The van der Waals surface area contributed by atoms with Gasteiger partial charge >= 0.3 is 0 Å². The molecule has 0 heterocycles. The highest BCUT2D eigenvalue weighted by Gasteiger charge is 2.37. The minimum Gasteiger partial charge on any atom is -0.330 e. The molecule has 0 aromatic carbocycles. The van der Waals surface area contributed by atoms with Gasteiger partial charge in [0.15, 0.2) is 0 Å². The Morgan fingerprint density at radius 2 is 2.13 bits per heavy atom. The van der Waals surface area contributed by atoms with Gasteiger partial charge in [-0.2, -0.15) is 11.8 Å². The summed E-state index contributed by atoms with van der Waals surface area (Å²) in [7, 11) is 0. The summed E-state index contributed by atoms with van der Waals surface area (Å²) in [6.45, 7) is 2.07. The van der Waals surface area contributed by atoms with Crippen LogP contribution in [0.1, 0.15) is 38.5 Å². The standard InChI is InChI=1S/C12H24N2S/c1-15-12(6-3-7-12)9-14-11-5-2-4-10(11)8-13/h10-11,14H,2-9,13H2,1H3. The quantitative estimate of drug-likeness (QED) is 0.756. The summed E-state index contributed by atoms with van der Waals surface area (Å²) in [6, 6.07) is 0.708. The van der Waals surface area contributed by atoms with E-state index in [0.717, 1.165) is 12.5 Å². The second-order valence-corrected chi connectivity index (χ2v) is 6.43. The fourth-order valence-electron chi connectivity index (χ4n) is 2.93. The Morgan fingerprint density at radius 3 is 2.67 bits per heavy atom. The zero-order chi connectivity index (χ0) is 10.7. The van der Waals surface area contributed by atoms with Crippen LogP contribution in [0, 0.1) is 5.92 Å². The number of hydrogen-bond donors (Lipinski definition) is 2. The summed E-state index contributed by atoms with van der Waals surface area (Å²) in [6.07, 6.45) is 10.5. The third-order valence-corrected chi connectivity index (χ3v) is 5.76. The summed E-state index contributed by atoms with van der Waals surface area (Å²) >= 11 is 2.06. The summed E-state index contributed by atoms with van der Waals surface area (Å²) in [5, 5.41) is 3.78. The average Bonchev–Trinajstić information content (AvgIpc) is 2.64. The zero-order valence-corrected chi connectivity index (χ0v) is 10.6. The molecule has 0 spiro atoms. The van der Waals surface area contributed by atoms with E-state index < -0.39 is 0 Å². The predicted octanol–water partition coefficient (Wildman–Crippen LogP) is 1.99. The van der Waals surface area contributed by atoms with E-state index in [1.807, 2.05) is 0 Å². The van der Waals surface area contributed by atoms with Crippen LogP contribution in [0.3, 0.4) is 0 Å². The van der Waals surface area contributed by atoms with Crippen LogP contribution in [0.5, 0.6) is 0 Å². The molecule has 3 heteroatoms. The van der Waals surface area contributed by atoms with E-state index in [2.05, 4.69) is 23.3 Å². The smallest absolute Gasteiger partial charge is 0.0281 e. The van der Waals surface area contributed by atoms with Crippen molar-refractivity contribution in [3.05, 3.63) is 0 Å². The van der Waals surface area contributed by atoms with Crippen molar-refractivity contribution in [2.45, 2.75) is 49.3 Å². The van der Waals surface area contributed by atoms with Gasteiger partial charge in [-0.1, -0.05) is 12.8 Å². The molecule has 2 unspecified atom stereocenters. The van der Waals surface area contributed by atoms with Gasteiger partial charge in [0.2, 0.25) is 0 Å². The molecule has 0 aliphatic heterocycles. The molecule has 0 aromatic rings. The van der Waals surface area contributed by atoms with E-state index in [-0.39, 0.29) is 0 Å². The molecular weight excluding hydrogens is 204 g/mol. The van der Waals surface area contributed by atoms with Crippen molar-refractivity contribution in [3.63, 3.8) is 0 Å². The molecule has 2 atom stereocenters. The Labute approximate surface area is 97.8 Å². The number of hydrogen-bond acceptors (Lipinski definition) is 3. The largest absolute Gasteiger partial charge is 0.330 e. The molecule has 2 aliphatic carbocycles. The minimum absolute atomic E-state index is 0.571. The molecule has 0 amide bonds. The van der Waals surface area contributed by atoms with Gasteiger partial charge in [-0.3, -0.25) is 0 Å². The molecule has 2 nitrogen and oxygen atoms in total. The molecule has 15 heavy (non-hydrogen) atoms. The lowest BCUT2D eigenvalue weighted by molar-refractivity contribution is 0.310. The van der Waals surface area contributed by atoms with Crippen LogP contribution in [-0.2, 0) is 0 Å². The van der Waals surface area contributed by atoms with Crippen molar-refractivity contribution in [2.24, 2.45) is 11.7 Å². The third kappa shape index (κ3) is 2.51. The summed E-state index contributed by atoms with van der Waals surface area (Å²) < 4.78 is 0.571. The van der Waals surface area contributed by atoms with Crippen molar-refractivity contribution >= 4 is 11.8 Å². The highest BCUT2D eigenvalue weighted by atomic mass is 32.2. The van der Waals surface area contributed by atoms with E-state index in [1.165, 1.54) is 45.1 Å².